The minimum atomic E-state index is -3.83. The van der Waals surface area contributed by atoms with E-state index in [0.29, 0.717) is 0 Å². The molecule has 0 radical (unpaired) electrons. The SMILES string of the molecule is C=C[C@@H]1C=CC[C@@H](C(=O)OC)N1S(=O)(=O)c1ccc(C)cc1. The molecule has 118 valence electrons. The first-order valence-corrected chi connectivity index (χ1v) is 8.33. The number of hydrogen-bond donors (Lipinski definition) is 0. The first kappa shape index (κ1) is 16.5. The van der Waals surface area contributed by atoms with Gasteiger partial charge in [-0.25, -0.2) is 8.42 Å². The number of methoxy groups -OCH3 is 1. The zero-order valence-corrected chi connectivity index (χ0v) is 13.4. The Kier molecular flexibility index (Phi) is 4.83. The molecule has 1 aromatic rings. The summed E-state index contributed by atoms with van der Waals surface area (Å²) < 4.78 is 31.8. The van der Waals surface area contributed by atoms with Gasteiger partial charge in [-0.1, -0.05) is 35.9 Å². The molecule has 2 atom stereocenters. The summed E-state index contributed by atoms with van der Waals surface area (Å²) >= 11 is 0. The van der Waals surface area contributed by atoms with Crippen molar-refractivity contribution in [2.75, 3.05) is 7.11 Å². The molecule has 22 heavy (non-hydrogen) atoms. The highest BCUT2D eigenvalue weighted by Crippen LogP contribution is 2.27. The number of benzene rings is 1. The number of hydrogen-bond acceptors (Lipinski definition) is 4. The van der Waals surface area contributed by atoms with Crippen LogP contribution in [0.2, 0.25) is 0 Å². The predicted molar refractivity (Wildman–Crippen MR) is 83.7 cm³/mol. The van der Waals surface area contributed by atoms with E-state index >= 15 is 0 Å². The molecule has 0 fully saturated rings. The first-order valence-electron chi connectivity index (χ1n) is 6.89. The Balaban J connectivity index is 2.51. The second-order valence-corrected chi connectivity index (χ2v) is 6.92. The molecule has 0 amide bonds. The second-order valence-electron chi connectivity index (χ2n) is 5.08. The molecule has 1 aliphatic rings. The van der Waals surface area contributed by atoms with Crippen molar-refractivity contribution in [1.82, 2.24) is 4.31 Å². The van der Waals surface area contributed by atoms with Crippen molar-refractivity contribution in [2.24, 2.45) is 0 Å². The van der Waals surface area contributed by atoms with Gasteiger partial charge in [-0.05, 0) is 25.5 Å². The van der Waals surface area contributed by atoms with Gasteiger partial charge in [0.15, 0.2) is 0 Å². The fourth-order valence-corrected chi connectivity index (χ4v) is 4.13. The molecule has 2 rings (SSSR count). The van der Waals surface area contributed by atoms with E-state index < -0.39 is 28.1 Å². The lowest BCUT2D eigenvalue weighted by Crippen LogP contribution is -2.51. The van der Waals surface area contributed by atoms with Crippen LogP contribution in [0.4, 0.5) is 0 Å². The second kappa shape index (κ2) is 6.46. The van der Waals surface area contributed by atoms with Crippen molar-refractivity contribution in [3.63, 3.8) is 0 Å². The van der Waals surface area contributed by atoms with E-state index in [2.05, 4.69) is 6.58 Å². The van der Waals surface area contributed by atoms with Crippen molar-refractivity contribution >= 4 is 16.0 Å². The number of sulfonamides is 1. The number of nitrogens with zero attached hydrogens (tertiary/aromatic N) is 1. The maximum atomic E-state index is 12.9. The van der Waals surface area contributed by atoms with Crippen LogP contribution in [0.25, 0.3) is 0 Å². The quantitative estimate of drug-likeness (QED) is 0.629. The summed E-state index contributed by atoms with van der Waals surface area (Å²) in [4.78, 5) is 12.1. The van der Waals surface area contributed by atoms with E-state index in [1.54, 1.807) is 24.3 Å². The summed E-state index contributed by atoms with van der Waals surface area (Å²) in [6, 6.07) is 5.06. The molecule has 0 unspecified atom stereocenters. The fourth-order valence-electron chi connectivity index (χ4n) is 2.42. The van der Waals surface area contributed by atoms with E-state index in [1.165, 1.54) is 25.3 Å². The van der Waals surface area contributed by atoms with Crippen LogP contribution in [-0.2, 0) is 19.6 Å². The summed E-state index contributed by atoms with van der Waals surface area (Å²) in [6.07, 6.45) is 5.27. The molecule has 0 bridgehead atoms. The predicted octanol–water partition coefficient (Wildman–Crippen LogP) is 2.04. The highest BCUT2D eigenvalue weighted by atomic mass is 32.2. The minimum absolute atomic E-state index is 0.147. The first-order chi connectivity index (χ1) is 10.4. The van der Waals surface area contributed by atoms with Crippen LogP contribution >= 0.6 is 0 Å². The topological polar surface area (TPSA) is 63.7 Å². The molecule has 0 saturated heterocycles. The minimum Gasteiger partial charge on any atom is -0.468 e. The normalized spacial score (nSPS) is 22.3. The molecule has 0 saturated carbocycles. The van der Waals surface area contributed by atoms with Crippen LogP contribution in [0, 0.1) is 6.92 Å². The lowest BCUT2D eigenvalue weighted by atomic mass is 10.1. The van der Waals surface area contributed by atoms with E-state index in [-0.39, 0.29) is 11.3 Å². The zero-order valence-electron chi connectivity index (χ0n) is 12.6. The molecule has 1 heterocycles. The van der Waals surface area contributed by atoms with Gasteiger partial charge in [0.2, 0.25) is 10.0 Å². The average Bonchev–Trinajstić information content (AvgIpc) is 2.53. The largest absolute Gasteiger partial charge is 0.468 e. The molecule has 5 nitrogen and oxygen atoms in total. The summed E-state index contributed by atoms with van der Waals surface area (Å²) in [5, 5.41) is 0. The Labute approximate surface area is 130 Å². The molecule has 0 aromatic heterocycles. The van der Waals surface area contributed by atoms with Gasteiger partial charge in [-0.15, -0.1) is 6.58 Å². The van der Waals surface area contributed by atoms with E-state index in [4.69, 9.17) is 4.74 Å². The molecule has 1 aromatic carbocycles. The van der Waals surface area contributed by atoms with Crippen molar-refractivity contribution in [1.29, 1.82) is 0 Å². The van der Waals surface area contributed by atoms with Gasteiger partial charge in [0.1, 0.15) is 6.04 Å². The number of rotatable bonds is 4. The Morgan fingerprint density at radius 1 is 1.36 bits per heavy atom. The van der Waals surface area contributed by atoms with Gasteiger partial charge in [0.05, 0.1) is 18.0 Å². The molecule has 6 heteroatoms. The van der Waals surface area contributed by atoms with E-state index in [9.17, 15) is 13.2 Å². The summed E-state index contributed by atoms with van der Waals surface area (Å²) in [5.74, 6) is -0.577. The van der Waals surface area contributed by atoms with E-state index in [1.807, 2.05) is 6.92 Å². The number of carbonyl (C=O) groups is 1. The fraction of sp³-hybridized carbons (Fsp3) is 0.312. The van der Waals surface area contributed by atoms with E-state index in [0.717, 1.165) is 9.87 Å². The zero-order chi connectivity index (χ0) is 16.3. The molecule has 0 N–H and O–H groups in total. The van der Waals surface area contributed by atoms with Crippen LogP contribution in [0.15, 0.2) is 54.0 Å². The molecule has 0 aliphatic carbocycles. The highest BCUT2D eigenvalue weighted by molar-refractivity contribution is 7.89. The van der Waals surface area contributed by atoms with Gasteiger partial charge in [-0.3, -0.25) is 4.79 Å². The van der Waals surface area contributed by atoms with Gasteiger partial charge in [0.25, 0.3) is 0 Å². The van der Waals surface area contributed by atoms with Gasteiger partial charge in [-0.2, -0.15) is 4.31 Å². The number of ether oxygens (including phenoxy) is 1. The van der Waals surface area contributed by atoms with Gasteiger partial charge in [0, 0.05) is 0 Å². The summed E-state index contributed by atoms with van der Waals surface area (Å²) in [6.45, 7) is 5.54. The number of esters is 1. The van der Waals surface area contributed by atoms with Crippen molar-refractivity contribution < 1.29 is 17.9 Å². The Bertz CT molecular complexity index is 691. The van der Waals surface area contributed by atoms with Crippen LogP contribution in [0.3, 0.4) is 0 Å². The Morgan fingerprint density at radius 2 is 2.00 bits per heavy atom. The van der Waals surface area contributed by atoms with Crippen LogP contribution in [0.5, 0.6) is 0 Å². The maximum absolute atomic E-state index is 12.9. The number of carbonyl (C=O) groups excluding carboxylic acids is 1. The molecular formula is C16H19NO4S. The third-order valence-electron chi connectivity index (χ3n) is 3.60. The maximum Gasteiger partial charge on any atom is 0.324 e. The molecule has 0 spiro atoms. The van der Waals surface area contributed by atoms with Crippen molar-refractivity contribution in [3.05, 3.63) is 54.6 Å². The monoisotopic (exact) mass is 321 g/mol. The van der Waals surface area contributed by atoms with Crippen LogP contribution in [-0.4, -0.2) is 37.9 Å². The molecule has 1 aliphatic heterocycles. The third-order valence-corrected chi connectivity index (χ3v) is 5.53. The van der Waals surface area contributed by atoms with Gasteiger partial charge < -0.3 is 4.74 Å². The Morgan fingerprint density at radius 3 is 2.55 bits per heavy atom. The Hall–Kier alpha value is -1.92. The van der Waals surface area contributed by atoms with Gasteiger partial charge >= 0.3 is 5.97 Å². The summed E-state index contributed by atoms with van der Waals surface area (Å²) in [5.41, 5.74) is 0.960. The lowest BCUT2D eigenvalue weighted by Gasteiger charge is -2.35. The molecular weight excluding hydrogens is 302 g/mol. The van der Waals surface area contributed by atoms with Crippen molar-refractivity contribution in [3.8, 4) is 0 Å². The standard InChI is InChI=1S/C16H19NO4S/c1-4-13-6-5-7-15(16(18)21-3)17(13)22(19,20)14-10-8-12(2)9-11-14/h4-6,8-11,13,15H,1,7H2,2-3H3/t13-,15+/m1/s1. The van der Waals surface area contributed by atoms with Crippen LogP contribution in [0.1, 0.15) is 12.0 Å². The lowest BCUT2D eigenvalue weighted by molar-refractivity contribution is -0.145. The average molecular weight is 321 g/mol. The third kappa shape index (κ3) is 2.98. The van der Waals surface area contributed by atoms with Crippen LogP contribution < -0.4 is 0 Å². The number of aryl methyl sites for hydroxylation is 1. The van der Waals surface area contributed by atoms with Crippen molar-refractivity contribution in [2.45, 2.75) is 30.3 Å². The smallest absolute Gasteiger partial charge is 0.324 e. The highest BCUT2D eigenvalue weighted by Gasteiger charge is 2.40. The summed E-state index contributed by atoms with van der Waals surface area (Å²) in [7, 11) is -2.58.